The number of fused-ring (bicyclic) bond motifs is 1. The van der Waals surface area contributed by atoms with Crippen LogP contribution in [0.25, 0.3) is 11.0 Å². The van der Waals surface area contributed by atoms with E-state index < -0.39 is 0 Å². The Morgan fingerprint density at radius 1 is 1.07 bits per heavy atom. The third kappa shape index (κ3) is 3.88. The van der Waals surface area contributed by atoms with Crippen molar-refractivity contribution in [3.8, 4) is 5.75 Å². The average Bonchev–Trinajstić information content (AvgIpc) is 3.03. The minimum Gasteiger partial charge on any atom is -0.484 e. The molecule has 2 aromatic carbocycles. The molecule has 1 aromatic heterocycles. The van der Waals surface area contributed by atoms with Crippen LogP contribution in [0.15, 0.2) is 48.5 Å². The van der Waals surface area contributed by atoms with Gasteiger partial charge in [0.1, 0.15) is 11.6 Å². The van der Waals surface area contributed by atoms with Gasteiger partial charge in [-0.1, -0.05) is 30.3 Å². The molecule has 3 aromatic rings. The molecule has 1 amide bonds. The first-order valence-electron chi connectivity index (χ1n) is 10.00. The van der Waals surface area contributed by atoms with E-state index in [1.165, 1.54) is 5.52 Å². The van der Waals surface area contributed by atoms with Crippen molar-refractivity contribution in [2.75, 3.05) is 19.7 Å². The molecule has 0 radical (unpaired) electrons. The molecular formula is C23H27N3O2. The van der Waals surface area contributed by atoms with Gasteiger partial charge in [0.2, 0.25) is 0 Å². The zero-order chi connectivity index (χ0) is 19.5. The molecule has 0 atom stereocenters. The van der Waals surface area contributed by atoms with Crippen molar-refractivity contribution in [2.45, 2.75) is 33.2 Å². The first-order chi connectivity index (χ1) is 13.6. The minimum atomic E-state index is 0.0750. The molecule has 0 spiro atoms. The van der Waals surface area contributed by atoms with Crippen LogP contribution >= 0.6 is 0 Å². The highest BCUT2D eigenvalue weighted by molar-refractivity contribution is 5.78. The molecular weight excluding hydrogens is 350 g/mol. The Bertz CT molecular complexity index is 971. The van der Waals surface area contributed by atoms with Crippen LogP contribution in [0.3, 0.4) is 0 Å². The van der Waals surface area contributed by atoms with Crippen LogP contribution in [0.5, 0.6) is 5.75 Å². The van der Waals surface area contributed by atoms with E-state index in [4.69, 9.17) is 4.74 Å². The summed E-state index contributed by atoms with van der Waals surface area (Å²) in [6.45, 7) is 6.74. The lowest BCUT2D eigenvalue weighted by atomic mass is 9.96. The molecule has 5 nitrogen and oxygen atoms in total. The fourth-order valence-corrected chi connectivity index (χ4v) is 4.00. The average molecular weight is 377 g/mol. The summed E-state index contributed by atoms with van der Waals surface area (Å²) in [6, 6.07) is 16.1. The van der Waals surface area contributed by atoms with E-state index in [1.54, 1.807) is 0 Å². The second kappa shape index (κ2) is 8.05. The predicted octanol–water partition coefficient (Wildman–Crippen LogP) is 3.97. The number of aromatic nitrogens is 2. The summed E-state index contributed by atoms with van der Waals surface area (Å²) in [7, 11) is 0. The summed E-state index contributed by atoms with van der Waals surface area (Å²) in [4.78, 5) is 19.1. The molecule has 28 heavy (non-hydrogen) atoms. The number of hydrogen-bond donors (Lipinski definition) is 0. The lowest BCUT2D eigenvalue weighted by Gasteiger charge is -2.32. The van der Waals surface area contributed by atoms with Crippen LogP contribution < -0.4 is 4.74 Å². The molecule has 146 valence electrons. The molecule has 1 saturated heterocycles. The Morgan fingerprint density at radius 2 is 1.79 bits per heavy atom. The first kappa shape index (κ1) is 18.5. The Labute approximate surface area is 165 Å². The number of carbonyl (C=O) groups excluding carboxylic acids is 1. The molecule has 4 rings (SSSR count). The van der Waals surface area contributed by atoms with Crippen molar-refractivity contribution >= 4 is 16.9 Å². The number of rotatable bonds is 5. The Balaban J connectivity index is 1.31. The second-order valence-corrected chi connectivity index (χ2v) is 7.64. The number of piperidine rings is 1. The molecule has 1 aliphatic rings. The summed E-state index contributed by atoms with van der Waals surface area (Å²) in [5, 5.41) is 0. The van der Waals surface area contributed by atoms with Gasteiger partial charge in [-0.2, -0.15) is 0 Å². The van der Waals surface area contributed by atoms with Gasteiger partial charge in [-0.15, -0.1) is 0 Å². The molecule has 1 fully saturated rings. The van der Waals surface area contributed by atoms with Crippen LogP contribution in [-0.4, -0.2) is 40.1 Å². The monoisotopic (exact) mass is 377 g/mol. The molecule has 1 aliphatic heterocycles. The van der Waals surface area contributed by atoms with Crippen molar-refractivity contribution in [1.82, 2.24) is 14.5 Å². The van der Waals surface area contributed by atoms with Crippen molar-refractivity contribution in [2.24, 2.45) is 5.92 Å². The Kier molecular flexibility index (Phi) is 5.33. The van der Waals surface area contributed by atoms with Crippen molar-refractivity contribution < 1.29 is 9.53 Å². The highest BCUT2D eigenvalue weighted by Crippen LogP contribution is 2.24. The van der Waals surface area contributed by atoms with Crippen molar-refractivity contribution in [3.63, 3.8) is 0 Å². The quantitative estimate of drug-likeness (QED) is 0.676. The number of hydrogen-bond acceptors (Lipinski definition) is 3. The van der Waals surface area contributed by atoms with Crippen LogP contribution in [0, 0.1) is 19.8 Å². The summed E-state index contributed by atoms with van der Waals surface area (Å²) < 4.78 is 8.04. The molecule has 0 aliphatic carbocycles. The number of amides is 1. The normalized spacial score (nSPS) is 15.1. The number of para-hydroxylation sites is 3. The SMILES string of the molecule is Cc1ccccc1OCC(=O)N1CCC(Cn2c(C)nc3ccccc32)CC1. The van der Waals surface area contributed by atoms with Crippen molar-refractivity contribution in [3.05, 3.63) is 59.9 Å². The van der Waals surface area contributed by atoms with Gasteiger partial charge in [-0.3, -0.25) is 4.79 Å². The zero-order valence-electron chi connectivity index (χ0n) is 16.6. The van der Waals surface area contributed by atoms with Gasteiger partial charge >= 0.3 is 0 Å². The third-order valence-corrected chi connectivity index (χ3v) is 5.70. The second-order valence-electron chi connectivity index (χ2n) is 7.64. The maximum atomic E-state index is 12.5. The molecule has 0 unspecified atom stereocenters. The van der Waals surface area contributed by atoms with Gasteiger partial charge in [-0.05, 0) is 56.4 Å². The summed E-state index contributed by atoms with van der Waals surface area (Å²) >= 11 is 0. The van der Waals surface area contributed by atoms with E-state index in [2.05, 4.69) is 34.7 Å². The van der Waals surface area contributed by atoms with E-state index in [1.807, 2.05) is 42.2 Å². The number of likely N-dealkylation sites (tertiary alicyclic amines) is 1. The van der Waals surface area contributed by atoms with Gasteiger partial charge in [0.25, 0.3) is 5.91 Å². The van der Waals surface area contributed by atoms with E-state index in [0.717, 1.165) is 55.1 Å². The van der Waals surface area contributed by atoms with Gasteiger partial charge in [-0.25, -0.2) is 4.98 Å². The molecule has 0 N–H and O–H groups in total. The van der Waals surface area contributed by atoms with Gasteiger partial charge < -0.3 is 14.2 Å². The van der Waals surface area contributed by atoms with Gasteiger partial charge in [0, 0.05) is 19.6 Å². The number of imidazole rings is 1. The maximum absolute atomic E-state index is 12.5. The predicted molar refractivity (Wildman–Crippen MR) is 110 cm³/mol. The zero-order valence-corrected chi connectivity index (χ0v) is 16.6. The van der Waals surface area contributed by atoms with E-state index in [0.29, 0.717) is 5.92 Å². The third-order valence-electron chi connectivity index (χ3n) is 5.70. The number of aryl methyl sites for hydroxylation is 2. The highest BCUT2D eigenvalue weighted by atomic mass is 16.5. The number of nitrogens with zero attached hydrogens (tertiary/aromatic N) is 3. The van der Waals surface area contributed by atoms with E-state index in [9.17, 15) is 4.79 Å². The van der Waals surface area contributed by atoms with Gasteiger partial charge in [0.05, 0.1) is 11.0 Å². The van der Waals surface area contributed by atoms with Crippen molar-refractivity contribution in [1.29, 1.82) is 0 Å². The van der Waals surface area contributed by atoms with Crippen LogP contribution in [0.1, 0.15) is 24.2 Å². The minimum absolute atomic E-state index is 0.0750. The number of benzene rings is 2. The standard InChI is InChI=1S/C23H27N3O2/c1-17-7-3-6-10-22(17)28-16-23(27)25-13-11-19(12-14-25)15-26-18(2)24-20-8-4-5-9-21(20)26/h3-10,19H,11-16H2,1-2H3. The molecule has 2 heterocycles. The van der Waals surface area contributed by atoms with Crippen LogP contribution in [0.4, 0.5) is 0 Å². The fraction of sp³-hybridized carbons (Fsp3) is 0.391. The van der Waals surface area contributed by atoms with E-state index >= 15 is 0 Å². The van der Waals surface area contributed by atoms with Gasteiger partial charge in [0.15, 0.2) is 6.61 Å². The highest BCUT2D eigenvalue weighted by Gasteiger charge is 2.24. The molecule has 0 bridgehead atoms. The number of ether oxygens (including phenoxy) is 1. The maximum Gasteiger partial charge on any atom is 0.260 e. The summed E-state index contributed by atoms with van der Waals surface area (Å²) in [6.07, 6.45) is 2.03. The summed E-state index contributed by atoms with van der Waals surface area (Å²) in [5.74, 6) is 2.49. The largest absolute Gasteiger partial charge is 0.484 e. The Hall–Kier alpha value is -2.82. The number of carbonyl (C=O) groups is 1. The smallest absolute Gasteiger partial charge is 0.260 e. The van der Waals surface area contributed by atoms with Crippen LogP contribution in [0.2, 0.25) is 0 Å². The summed E-state index contributed by atoms with van der Waals surface area (Å²) in [5.41, 5.74) is 3.31. The lowest BCUT2D eigenvalue weighted by Crippen LogP contribution is -2.41. The molecule has 0 saturated carbocycles. The topological polar surface area (TPSA) is 47.4 Å². The lowest BCUT2D eigenvalue weighted by molar-refractivity contribution is -0.134. The Morgan fingerprint density at radius 3 is 2.57 bits per heavy atom. The fourth-order valence-electron chi connectivity index (χ4n) is 4.00. The van der Waals surface area contributed by atoms with E-state index in [-0.39, 0.29) is 12.5 Å². The van der Waals surface area contributed by atoms with Crippen LogP contribution in [-0.2, 0) is 11.3 Å². The molecule has 5 heteroatoms. The first-order valence-corrected chi connectivity index (χ1v) is 10.00.